The van der Waals surface area contributed by atoms with Crippen LogP contribution in [0.5, 0.6) is 5.75 Å². The Bertz CT molecular complexity index is 1080. The number of hydrogen-bond donors (Lipinski definition) is 1. The van der Waals surface area contributed by atoms with Crippen LogP contribution in [0, 0.1) is 19.7 Å². The number of rotatable bonds is 5. The van der Waals surface area contributed by atoms with E-state index in [1.54, 1.807) is 12.1 Å². The lowest BCUT2D eigenvalue weighted by Gasteiger charge is -2.09. The summed E-state index contributed by atoms with van der Waals surface area (Å²) >= 11 is 0. The van der Waals surface area contributed by atoms with E-state index in [-0.39, 0.29) is 5.82 Å². The Morgan fingerprint density at radius 2 is 1.68 bits per heavy atom. The van der Waals surface area contributed by atoms with Crippen LogP contribution in [0.25, 0.3) is 22.4 Å². The first-order chi connectivity index (χ1) is 13.6. The summed E-state index contributed by atoms with van der Waals surface area (Å²) in [6, 6.07) is 18.2. The second-order valence-corrected chi connectivity index (χ2v) is 6.73. The maximum absolute atomic E-state index is 13.0. The Hall–Kier alpha value is -3.47. The molecule has 28 heavy (non-hydrogen) atoms. The van der Waals surface area contributed by atoms with Gasteiger partial charge < -0.3 is 4.74 Å². The van der Waals surface area contributed by atoms with E-state index in [4.69, 9.17) is 4.74 Å². The van der Waals surface area contributed by atoms with E-state index in [0.717, 1.165) is 45.1 Å². The highest BCUT2D eigenvalue weighted by atomic mass is 19.1. The van der Waals surface area contributed by atoms with Gasteiger partial charge in [-0.25, -0.2) is 4.39 Å². The lowest BCUT2D eigenvalue weighted by molar-refractivity contribution is 0.306. The first kappa shape index (κ1) is 17.9. The number of aromatic nitrogens is 3. The number of hydrogen-bond acceptors (Lipinski definition) is 3. The molecule has 0 aliphatic rings. The third kappa shape index (κ3) is 3.93. The highest BCUT2D eigenvalue weighted by Gasteiger charge is 2.12. The van der Waals surface area contributed by atoms with Gasteiger partial charge in [0.2, 0.25) is 0 Å². The summed E-state index contributed by atoms with van der Waals surface area (Å²) in [5.74, 6) is 0.483. The standard InChI is InChI=1S/C23H20FN3O/c1-15-10-19(11-16(2)26-15)22-13-25-27-23(22)18-4-3-5-21(12-18)28-14-17-6-8-20(24)9-7-17/h3-13H,14H2,1-2H3,(H,25,27). The molecule has 0 bridgehead atoms. The van der Waals surface area contributed by atoms with Crippen molar-refractivity contribution in [2.75, 3.05) is 0 Å². The van der Waals surface area contributed by atoms with Gasteiger partial charge in [0.05, 0.1) is 5.69 Å². The average Bonchev–Trinajstić information content (AvgIpc) is 3.17. The molecule has 0 atom stereocenters. The van der Waals surface area contributed by atoms with Crippen molar-refractivity contribution in [3.8, 4) is 28.1 Å². The first-order valence-electron chi connectivity index (χ1n) is 9.05. The zero-order valence-corrected chi connectivity index (χ0v) is 15.7. The number of ether oxygens (including phenoxy) is 1. The van der Waals surface area contributed by atoms with Crippen LogP contribution in [0.4, 0.5) is 4.39 Å². The topological polar surface area (TPSA) is 50.8 Å². The second kappa shape index (κ2) is 7.64. The van der Waals surface area contributed by atoms with Crippen molar-refractivity contribution >= 4 is 0 Å². The van der Waals surface area contributed by atoms with Gasteiger partial charge in [0.1, 0.15) is 18.2 Å². The number of aryl methyl sites for hydroxylation is 2. The van der Waals surface area contributed by atoms with Gasteiger partial charge in [-0.2, -0.15) is 5.10 Å². The molecule has 0 saturated carbocycles. The Morgan fingerprint density at radius 1 is 0.929 bits per heavy atom. The van der Waals surface area contributed by atoms with Crippen LogP contribution in [-0.2, 0) is 6.61 Å². The number of nitrogens with one attached hydrogen (secondary N) is 1. The molecule has 4 aromatic rings. The molecule has 4 rings (SSSR count). The van der Waals surface area contributed by atoms with Gasteiger partial charge >= 0.3 is 0 Å². The fraction of sp³-hybridized carbons (Fsp3) is 0.130. The molecule has 0 saturated heterocycles. The van der Waals surface area contributed by atoms with Gasteiger partial charge in [-0.1, -0.05) is 24.3 Å². The SMILES string of the molecule is Cc1cc(-c2c[nH]nc2-c2cccc(OCc3ccc(F)cc3)c2)cc(C)n1. The van der Waals surface area contributed by atoms with Crippen molar-refractivity contribution in [1.82, 2.24) is 15.2 Å². The normalized spacial score (nSPS) is 10.8. The van der Waals surface area contributed by atoms with Gasteiger partial charge in [0.25, 0.3) is 0 Å². The summed E-state index contributed by atoms with van der Waals surface area (Å²) < 4.78 is 18.9. The monoisotopic (exact) mass is 373 g/mol. The molecule has 0 aliphatic heterocycles. The zero-order valence-electron chi connectivity index (χ0n) is 15.7. The predicted octanol–water partition coefficient (Wildman–Crippen LogP) is 5.47. The van der Waals surface area contributed by atoms with Crippen molar-refractivity contribution < 1.29 is 9.13 Å². The lowest BCUT2D eigenvalue weighted by Crippen LogP contribution is -1.96. The average molecular weight is 373 g/mol. The summed E-state index contributed by atoms with van der Waals surface area (Å²) in [5, 5.41) is 7.42. The minimum atomic E-state index is -0.251. The van der Waals surface area contributed by atoms with Crippen molar-refractivity contribution in [3.63, 3.8) is 0 Å². The van der Waals surface area contributed by atoms with Crippen LogP contribution in [0.1, 0.15) is 17.0 Å². The van der Waals surface area contributed by atoms with Crippen LogP contribution in [0.2, 0.25) is 0 Å². The van der Waals surface area contributed by atoms with E-state index in [2.05, 4.69) is 27.3 Å². The molecule has 0 fully saturated rings. The van der Waals surface area contributed by atoms with Crippen LogP contribution in [0.15, 0.2) is 66.9 Å². The molecule has 0 spiro atoms. The fourth-order valence-electron chi connectivity index (χ4n) is 3.20. The molecular weight excluding hydrogens is 353 g/mol. The van der Waals surface area contributed by atoms with E-state index in [9.17, 15) is 4.39 Å². The Kier molecular flexibility index (Phi) is 4.89. The molecule has 0 radical (unpaired) electrons. The van der Waals surface area contributed by atoms with Gasteiger partial charge in [0.15, 0.2) is 0 Å². The van der Waals surface area contributed by atoms with Crippen molar-refractivity contribution in [1.29, 1.82) is 0 Å². The van der Waals surface area contributed by atoms with Gasteiger partial charge in [-0.05, 0) is 61.4 Å². The smallest absolute Gasteiger partial charge is 0.123 e. The highest BCUT2D eigenvalue weighted by Crippen LogP contribution is 2.32. The van der Waals surface area contributed by atoms with Gasteiger partial charge in [-0.3, -0.25) is 10.1 Å². The van der Waals surface area contributed by atoms with Gasteiger partial charge in [-0.15, -0.1) is 0 Å². The molecule has 5 heteroatoms. The van der Waals surface area contributed by atoms with Crippen molar-refractivity contribution in [3.05, 3.63) is 89.6 Å². The van der Waals surface area contributed by atoms with Gasteiger partial charge in [0, 0.05) is 28.7 Å². The highest BCUT2D eigenvalue weighted by molar-refractivity contribution is 5.81. The molecular formula is C23H20FN3O. The quantitative estimate of drug-likeness (QED) is 0.504. The summed E-state index contributed by atoms with van der Waals surface area (Å²) in [4.78, 5) is 4.45. The minimum absolute atomic E-state index is 0.251. The largest absolute Gasteiger partial charge is 0.489 e. The fourth-order valence-corrected chi connectivity index (χ4v) is 3.20. The Morgan fingerprint density at radius 3 is 2.43 bits per heavy atom. The summed E-state index contributed by atoms with van der Waals surface area (Å²) in [6.45, 7) is 4.35. The number of nitrogens with zero attached hydrogens (tertiary/aromatic N) is 2. The molecule has 0 amide bonds. The minimum Gasteiger partial charge on any atom is -0.489 e. The predicted molar refractivity (Wildman–Crippen MR) is 107 cm³/mol. The molecule has 140 valence electrons. The lowest BCUT2D eigenvalue weighted by atomic mass is 10.0. The van der Waals surface area contributed by atoms with E-state index >= 15 is 0 Å². The van der Waals surface area contributed by atoms with Crippen LogP contribution >= 0.6 is 0 Å². The van der Waals surface area contributed by atoms with Crippen LogP contribution in [0.3, 0.4) is 0 Å². The van der Waals surface area contributed by atoms with E-state index in [1.807, 2.05) is 44.3 Å². The number of pyridine rings is 1. The van der Waals surface area contributed by atoms with Crippen molar-refractivity contribution in [2.24, 2.45) is 0 Å². The van der Waals surface area contributed by atoms with E-state index in [1.165, 1.54) is 12.1 Å². The molecule has 2 aromatic carbocycles. The Labute approximate surface area is 163 Å². The number of halogens is 1. The van der Waals surface area contributed by atoms with Crippen molar-refractivity contribution in [2.45, 2.75) is 20.5 Å². The number of benzene rings is 2. The summed E-state index contributed by atoms with van der Waals surface area (Å²) in [5.41, 5.74) is 6.76. The second-order valence-electron chi connectivity index (χ2n) is 6.73. The number of H-pyrrole nitrogens is 1. The van der Waals surface area contributed by atoms with Crippen LogP contribution < -0.4 is 4.74 Å². The van der Waals surface area contributed by atoms with E-state index in [0.29, 0.717) is 6.61 Å². The summed E-state index contributed by atoms with van der Waals surface area (Å²) in [7, 11) is 0. The third-order valence-corrected chi connectivity index (χ3v) is 4.46. The third-order valence-electron chi connectivity index (χ3n) is 4.46. The molecule has 0 aliphatic carbocycles. The maximum atomic E-state index is 13.0. The number of aromatic amines is 1. The molecule has 1 N–H and O–H groups in total. The maximum Gasteiger partial charge on any atom is 0.123 e. The Balaban J connectivity index is 1.60. The molecule has 4 nitrogen and oxygen atoms in total. The molecule has 0 unspecified atom stereocenters. The zero-order chi connectivity index (χ0) is 19.5. The van der Waals surface area contributed by atoms with Crippen LogP contribution in [-0.4, -0.2) is 15.2 Å². The van der Waals surface area contributed by atoms with E-state index < -0.39 is 0 Å². The molecule has 2 aromatic heterocycles. The first-order valence-corrected chi connectivity index (χ1v) is 9.05. The molecule has 2 heterocycles. The summed E-state index contributed by atoms with van der Waals surface area (Å²) in [6.07, 6.45) is 1.90.